The first-order valence-corrected chi connectivity index (χ1v) is 11.6. The standard InChI is InChI=1S/C25H29BrN2O3/c1-25(2,3)27-14-21(18-9-11-19(26)12-10-18)22(15-27)23(29)28-20(16-31-24(28)30)13-17-7-5-4-6-8-17/h4-12,20-22H,13-16H2,1-3H3/t20-,21?,22?/m0/s1. The molecule has 6 heteroatoms. The Labute approximate surface area is 192 Å². The first-order valence-electron chi connectivity index (χ1n) is 10.8. The molecule has 2 unspecified atom stereocenters. The van der Waals surface area contributed by atoms with Gasteiger partial charge in [-0.05, 0) is 50.5 Å². The molecule has 164 valence electrons. The zero-order chi connectivity index (χ0) is 22.2. The van der Waals surface area contributed by atoms with Gasteiger partial charge >= 0.3 is 6.09 Å². The molecule has 0 aromatic heterocycles. The quantitative estimate of drug-likeness (QED) is 0.621. The Morgan fingerprint density at radius 2 is 1.74 bits per heavy atom. The van der Waals surface area contributed by atoms with Crippen molar-refractivity contribution in [2.24, 2.45) is 5.92 Å². The molecule has 2 aliphatic heterocycles. The second-order valence-electron chi connectivity index (χ2n) is 9.47. The summed E-state index contributed by atoms with van der Waals surface area (Å²) >= 11 is 3.50. The maximum Gasteiger partial charge on any atom is 0.416 e. The zero-order valence-corrected chi connectivity index (χ0v) is 19.8. The van der Waals surface area contributed by atoms with Gasteiger partial charge in [0.1, 0.15) is 6.61 Å². The third-order valence-electron chi connectivity index (χ3n) is 6.40. The summed E-state index contributed by atoms with van der Waals surface area (Å²) < 4.78 is 6.34. The van der Waals surface area contributed by atoms with Gasteiger partial charge in [-0.2, -0.15) is 0 Å². The van der Waals surface area contributed by atoms with Gasteiger partial charge in [-0.1, -0.05) is 58.4 Å². The van der Waals surface area contributed by atoms with E-state index in [0.717, 1.165) is 22.1 Å². The van der Waals surface area contributed by atoms with Gasteiger partial charge in [0, 0.05) is 29.0 Å². The minimum atomic E-state index is -0.519. The Balaban J connectivity index is 1.61. The molecule has 2 aromatic rings. The van der Waals surface area contributed by atoms with E-state index in [0.29, 0.717) is 13.0 Å². The Morgan fingerprint density at radius 3 is 2.39 bits per heavy atom. The summed E-state index contributed by atoms with van der Waals surface area (Å²) in [4.78, 5) is 30.1. The molecular weight excluding hydrogens is 456 g/mol. The van der Waals surface area contributed by atoms with Crippen molar-refractivity contribution in [3.63, 3.8) is 0 Å². The number of hydrogen-bond acceptors (Lipinski definition) is 4. The van der Waals surface area contributed by atoms with Crippen LogP contribution < -0.4 is 0 Å². The Hall–Kier alpha value is -2.18. The van der Waals surface area contributed by atoms with Crippen LogP contribution in [0.15, 0.2) is 59.1 Å². The number of benzene rings is 2. The highest BCUT2D eigenvalue weighted by Crippen LogP contribution is 2.38. The second kappa shape index (κ2) is 8.75. The Morgan fingerprint density at radius 1 is 1.06 bits per heavy atom. The van der Waals surface area contributed by atoms with Crippen LogP contribution in [0, 0.1) is 5.92 Å². The average Bonchev–Trinajstić information content (AvgIpc) is 3.33. The maximum absolute atomic E-state index is 13.8. The summed E-state index contributed by atoms with van der Waals surface area (Å²) in [6.45, 7) is 8.17. The van der Waals surface area contributed by atoms with Crippen molar-refractivity contribution in [3.8, 4) is 0 Å². The molecule has 2 aromatic carbocycles. The fourth-order valence-corrected chi connectivity index (χ4v) is 4.86. The number of carbonyl (C=O) groups excluding carboxylic acids is 2. The number of cyclic esters (lactones) is 1. The van der Waals surface area contributed by atoms with Gasteiger partial charge in [-0.25, -0.2) is 9.69 Å². The maximum atomic E-state index is 13.8. The van der Waals surface area contributed by atoms with Crippen molar-refractivity contribution in [2.45, 2.75) is 44.7 Å². The lowest BCUT2D eigenvalue weighted by Gasteiger charge is -2.32. The molecule has 0 bridgehead atoms. The fraction of sp³-hybridized carbons (Fsp3) is 0.440. The molecule has 0 saturated carbocycles. The Bertz CT molecular complexity index is 939. The van der Waals surface area contributed by atoms with Crippen LogP contribution in [0.1, 0.15) is 37.8 Å². The summed E-state index contributed by atoms with van der Waals surface area (Å²) in [6.07, 6.45) is 0.0893. The highest BCUT2D eigenvalue weighted by atomic mass is 79.9. The number of imide groups is 1. The molecule has 31 heavy (non-hydrogen) atoms. The van der Waals surface area contributed by atoms with Gasteiger partial charge < -0.3 is 4.74 Å². The molecule has 4 rings (SSSR count). The molecule has 5 nitrogen and oxygen atoms in total. The van der Waals surface area contributed by atoms with E-state index in [-0.39, 0.29) is 35.9 Å². The smallest absolute Gasteiger partial charge is 0.416 e. The van der Waals surface area contributed by atoms with Crippen LogP contribution in [0.2, 0.25) is 0 Å². The number of amides is 2. The van der Waals surface area contributed by atoms with Gasteiger partial charge in [0.25, 0.3) is 0 Å². The van der Waals surface area contributed by atoms with Crippen LogP contribution in [-0.4, -0.2) is 53.1 Å². The number of likely N-dealkylation sites (tertiary alicyclic amines) is 1. The van der Waals surface area contributed by atoms with Gasteiger partial charge in [0.15, 0.2) is 0 Å². The topological polar surface area (TPSA) is 49.9 Å². The van der Waals surface area contributed by atoms with E-state index in [9.17, 15) is 9.59 Å². The summed E-state index contributed by atoms with van der Waals surface area (Å²) in [6, 6.07) is 17.9. The molecule has 3 atom stereocenters. The lowest BCUT2D eigenvalue weighted by Crippen LogP contribution is -2.46. The molecular formula is C25H29BrN2O3. The van der Waals surface area contributed by atoms with E-state index < -0.39 is 6.09 Å². The normalized spacial score (nSPS) is 24.5. The van der Waals surface area contributed by atoms with E-state index >= 15 is 0 Å². The van der Waals surface area contributed by atoms with Crippen molar-refractivity contribution < 1.29 is 14.3 Å². The fourth-order valence-electron chi connectivity index (χ4n) is 4.60. The average molecular weight is 485 g/mol. The molecule has 0 aliphatic carbocycles. The molecule has 2 saturated heterocycles. The molecule has 2 heterocycles. The number of hydrogen-bond donors (Lipinski definition) is 0. The third-order valence-corrected chi connectivity index (χ3v) is 6.93. The molecule has 0 N–H and O–H groups in total. The highest BCUT2D eigenvalue weighted by molar-refractivity contribution is 9.10. The first-order chi connectivity index (χ1) is 14.7. The largest absolute Gasteiger partial charge is 0.447 e. The minimum Gasteiger partial charge on any atom is -0.447 e. The van der Waals surface area contributed by atoms with Gasteiger partial charge in [-0.15, -0.1) is 0 Å². The number of carbonyl (C=O) groups is 2. The highest BCUT2D eigenvalue weighted by Gasteiger charge is 2.48. The monoisotopic (exact) mass is 484 g/mol. The lowest BCUT2D eigenvalue weighted by molar-refractivity contribution is -0.133. The first kappa shape index (κ1) is 22.0. The molecule has 2 aliphatic rings. The van der Waals surface area contributed by atoms with E-state index in [2.05, 4.69) is 53.7 Å². The van der Waals surface area contributed by atoms with Crippen LogP contribution in [0.5, 0.6) is 0 Å². The summed E-state index contributed by atoms with van der Waals surface area (Å²) in [7, 11) is 0. The van der Waals surface area contributed by atoms with Crippen molar-refractivity contribution in [3.05, 3.63) is 70.2 Å². The molecule has 0 radical (unpaired) electrons. The minimum absolute atomic E-state index is 0.0330. The summed E-state index contributed by atoms with van der Waals surface area (Å²) in [5.41, 5.74) is 2.16. The number of ether oxygens (including phenoxy) is 1. The van der Waals surface area contributed by atoms with Gasteiger partial charge in [-0.3, -0.25) is 9.69 Å². The predicted molar refractivity (Wildman–Crippen MR) is 124 cm³/mol. The van der Waals surface area contributed by atoms with E-state index in [1.807, 2.05) is 42.5 Å². The molecule has 0 spiro atoms. The second-order valence-corrected chi connectivity index (χ2v) is 10.4. The van der Waals surface area contributed by atoms with E-state index in [4.69, 9.17) is 4.74 Å². The van der Waals surface area contributed by atoms with Crippen molar-refractivity contribution >= 4 is 27.9 Å². The van der Waals surface area contributed by atoms with Crippen LogP contribution >= 0.6 is 15.9 Å². The predicted octanol–water partition coefficient (Wildman–Crippen LogP) is 4.85. The SMILES string of the molecule is CC(C)(C)N1CC(C(=O)N2C(=O)OC[C@@H]2Cc2ccccc2)C(c2ccc(Br)cc2)C1. The van der Waals surface area contributed by atoms with Gasteiger partial charge in [0.05, 0.1) is 12.0 Å². The number of halogens is 1. The van der Waals surface area contributed by atoms with E-state index in [1.165, 1.54) is 4.90 Å². The zero-order valence-electron chi connectivity index (χ0n) is 18.3. The third kappa shape index (κ3) is 4.70. The molecule has 2 fully saturated rings. The lowest BCUT2D eigenvalue weighted by atomic mass is 9.87. The Kier molecular flexibility index (Phi) is 6.22. The van der Waals surface area contributed by atoms with Crippen molar-refractivity contribution in [1.29, 1.82) is 0 Å². The summed E-state index contributed by atoms with van der Waals surface area (Å²) in [5, 5.41) is 0. The molecule has 2 amide bonds. The van der Waals surface area contributed by atoms with Gasteiger partial charge in [0.2, 0.25) is 5.91 Å². The summed E-state index contributed by atoms with van der Waals surface area (Å²) in [5.74, 6) is -0.377. The van der Waals surface area contributed by atoms with Crippen LogP contribution in [0.25, 0.3) is 0 Å². The van der Waals surface area contributed by atoms with Crippen LogP contribution in [0.4, 0.5) is 4.79 Å². The van der Waals surface area contributed by atoms with E-state index in [1.54, 1.807) is 0 Å². The van der Waals surface area contributed by atoms with Crippen molar-refractivity contribution in [1.82, 2.24) is 9.80 Å². The number of nitrogens with zero attached hydrogens (tertiary/aromatic N) is 2. The number of rotatable bonds is 4. The van der Waals surface area contributed by atoms with Crippen molar-refractivity contribution in [2.75, 3.05) is 19.7 Å². The van der Waals surface area contributed by atoms with Crippen LogP contribution in [0.3, 0.4) is 0 Å². The van der Waals surface area contributed by atoms with Crippen LogP contribution in [-0.2, 0) is 16.0 Å².